The third kappa shape index (κ3) is 4.06. The summed E-state index contributed by atoms with van der Waals surface area (Å²) in [4.78, 5) is 14.0. The average molecular weight is 321 g/mol. The van der Waals surface area contributed by atoms with Gasteiger partial charge >= 0.3 is 0 Å². The molecule has 0 N–H and O–H groups in total. The molecule has 5 heteroatoms. The van der Waals surface area contributed by atoms with Crippen molar-refractivity contribution < 1.29 is 0 Å². The van der Waals surface area contributed by atoms with E-state index < -0.39 is 0 Å². The zero-order valence-electron chi connectivity index (χ0n) is 13.7. The van der Waals surface area contributed by atoms with Crippen molar-refractivity contribution in [3.05, 3.63) is 12.4 Å². The Hall–Kier alpha value is -0.970. The van der Waals surface area contributed by atoms with Crippen molar-refractivity contribution in [3.63, 3.8) is 0 Å². The van der Waals surface area contributed by atoms with Crippen LogP contribution in [-0.4, -0.2) is 47.1 Å². The van der Waals surface area contributed by atoms with Gasteiger partial charge in [0, 0.05) is 37.5 Å². The van der Waals surface area contributed by atoms with Crippen LogP contribution in [0.4, 0.5) is 11.6 Å². The van der Waals surface area contributed by atoms with Crippen molar-refractivity contribution in [1.82, 2.24) is 9.97 Å². The number of anilines is 2. The van der Waals surface area contributed by atoms with E-state index in [1.165, 1.54) is 44.3 Å². The fourth-order valence-electron chi connectivity index (χ4n) is 3.49. The van der Waals surface area contributed by atoms with Crippen molar-refractivity contribution in [2.75, 3.05) is 41.7 Å². The highest BCUT2D eigenvalue weighted by Crippen LogP contribution is 2.26. The van der Waals surface area contributed by atoms with Crippen LogP contribution in [0.1, 0.15) is 45.4 Å². The van der Waals surface area contributed by atoms with Crippen LogP contribution in [0, 0.1) is 0 Å². The number of hydrogen-bond acceptors (Lipinski definition) is 5. The molecule has 0 saturated carbocycles. The highest BCUT2D eigenvalue weighted by Gasteiger charge is 2.20. The standard InChI is InChI=1S/C17H28N4S/c1-2-22-15-8-4-7-11-21(13-15)17-12-16(18-14-19-17)20-9-5-3-6-10-20/h12,14-15H,2-11,13H2,1H3. The molecule has 2 aliphatic heterocycles. The summed E-state index contributed by atoms with van der Waals surface area (Å²) in [5.41, 5.74) is 0. The van der Waals surface area contributed by atoms with E-state index in [9.17, 15) is 0 Å². The Balaban J connectivity index is 1.72. The van der Waals surface area contributed by atoms with E-state index in [0.717, 1.165) is 43.1 Å². The van der Waals surface area contributed by atoms with Crippen molar-refractivity contribution in [3.8, 4) is 0 Å². The number of thioether (sulfide) groups is 1. The van der Waals surface area contributed by atoms with Crippen LogP contribution in [0.15, 0.2) is 12.4 Å². The van der Waals surface area contributed by atoms with E-state index in [0.29, 0.717) is 0 Å². The highest BCUT2D eigenvalue weighted by molar-refractivity contribution is 7.99. The van der Waals surface area contributed by atoms with Crippen molar-refractivity contribution in [2.45, 2.75) is 50.7 Å². The van der Waals surface area contributed by atoms with Gasteiger partial charge in [0.1, 0.15) is 18.0 Å². The molecular formula is C17H28N4S. The van der Waals surface area contributed by atoms with Crippen LogP contribution in [0.2, 0.25) is 0 Å². The molecule has 1 aromatic heterocycles. The largest absolute Gasteiger partial charge is 0.356 e. The second-order valence-electron chi connectivity index (χ2n) is 6.30. The van der Waals surface area contributed by atoms with E-state index in [4.69, 9.17) is 0 Å². The Morgan fingerprint density at radius 3 is 2.45 bits per heavy atom. The molecule has 2 fully saturated rings. The molecule has 0 bridgehead atoms. The van der Waals surface area contributed by atoms with E-state index in [2.05, 4.69) is 44.5 Å². The van der Waals surface area contributed by atoms with Gasteiger partial charge in [-0.1, -0.05) is 13.3 Å². The van der Waals surface area contributed by atoms with Crippen LogP contribution in [0.3, 0.4) is 0 Å². The van der Waals surface area contributed by atoms with E-state index >= 15 is 0 Å². The molecule has 4 nitrogen and oxygen atoms in total. The molecule has 3 rings (SSSR count). The Morgan fingerprint density at radius 1 is 1.00 bits per heavy atom. The first-order chi connectivity index (χ1) is 10.9. The maximum Gasteiger partial charge on any atom is 0.134 e. The van der Waals surface area contributed by atoms with Crippen molar-refractivity contribution in [1.29, 1.82) is 0 Å². The van der Waals surface area contributed by atoms with Crippen LogP contribution in [-0.2, 0) is 0 Å². The third-order valence-electron chi connectivity index (χ3n) is 4.67. The summed E-state index contributed by atoms with van der Waals surface area (Å²) >= 11 is 2.10. The van der Waals surface area contributed by atoms with Crippen LogP contribution >= 0.6 is 11.8 Å². The van der Waals surface area contributed by atoms with Gasteiger partial charge in [0.25, 0.3) is 0 Å². The lowest BCUT2D eigenvalue weighted by Crippen LogP contribution is -2.32. The minimum absolute atomic E-state index is 0.751. The van der Waals surface area contributed by atoms with Gasteiger partial charge < -0.3 is 9.80 Å². The Kier molecular flexibility index (Phi) is 5.82. The average Bonchev–Trinajstić information content (AvgIpc) is 2.82. The normalized spacial score (nSPS) is 23.4. The van der Waals surface area contributed by atoms with Gasteiger partial charge in [-0.3, -0.25) is 0 Å². The van der Waals surface area contributed by atoms with Gasteiger partial charge in [0.05, 0.1) is 0 Å². The van der Waals surface area contributed by atoms with Crippen molar-refractivity contribution >= 4 is 23.4 Å². The fraction of sp³-hybridized carbons (Fsp3) is 0.765. The fourth-order valence-corrected chi connectivity index (χ4v) is 4.58. The SMILES string of the molecule is CCSC1CCCCN(c2cc(N3CCCCC3)ncn2)C1. The zero-order valence-corrected chi connectivity index (χ0v) is 14.5. The van der Waals surface area contributed by atoms with Crippen LogP contribution in [0.25, 0.3) is 0 Å². The summed E-state index contributed by atoms with van der Waals surface area (Å²) in [5.74, 6) is 3.45. The van der Waals surface area contributed by atoms with Crippen LogP contribution in [0.5, 0.6) is 0 Å². The molecule has 2 saturated heterocycles. The first kappa shape index (κ1) is 15.9. The molecule has 0 aromatic carbocycles. The lowest BCUT2D eigenvalue weighted by molar-refractivity contribution is 0.573. The molecule has 0 spiro atoms. The number of aromatic nitrogens is 2. The van der Waals surface area contributed by atoms with Gasteiger partial charge in [-0.2, -0.15) is 11.8 Å². The minimum atomic E-state index is 0.751. The molecule has 3 heterocycles. The maximum atomic E-state index is 4.57. The Morgan fingerprint density at radius 2 is 1.68 bits per heavy atom. The smallest absolute Gasteiger partial charge is 0.134 e. The number of rotatable bonds is 4. The summed E-state index contributed by atoms with van der Waals surface area (Å²) in [7, 11) is 0. The molecule has 22 heavy (non-hydrogen) atoms. The summed E-state index contributed by atoms with van der Waals surface area (Å²) < 4.78 is 0. The second-order valence-corrected chi connectivity index (χ2v) is 7.88. The van der Waals surface area contributed by atoms with E-state index in [1.807, 2.05) is 0 Å². The van der Waals surface area contributed by atoms with E-state index in [-0.39, 0.29) is 0 Å². The predicted octanol–water partition coefficient (Wildman–Crippen LogP) is 3.58. The molecular weight excluding hydrogens is 292 g/mol. The minimum Gasteiger partial charge on any atom is -0.356 e. The van der Waals surface area contributed by atoms with Gasteiger partial charge in [0.2, 0.25) is 0 Å². The predicted molar refractivity (Wildman–Crippen MR) is 96.1 cm³/mol. The number of piperidine rings is 1. The molecule has 1 unspecified atom stereocenters. The monoisotopic (exact) mass is 320 g/mol. The number of nitrogens with zero attached hydrogens (tertiary/aromatic N) is 4. The van der Waals surface area contributed by atoms with Crippen LogP contribution < -0.4 is 9.80 Å². The Bertz CT molecular complexity index is 462. The van der Waals surface area contributed by atoms with Gasteiger partial charge in [-0.15, -0.1) is 0 Å². The van der Waals surface area contributed by atoms with Gasteiger partial charge in [0.15, 0.2) is 0 Å². The lowest BCUT2D eigenvalue weighted by Gasteiger charge is -2.29. The van der Waals surface area contributed by atoms with Gasteiger partial charge in [-0.05, 0) is 37.9 Å². The summed E-state index contributed by atoms with van der Waals surface area (Å²) in [6.45, 7) is 6.82. The van der Waals surface area contributed by atoms with Crippen molar-refractivity contribution in [2.24, 2.45) is 0 Å². The summed E-state index contributed by atoms with van der Waals surface area (Å²) in [5, 5.41) is 0.751. The molecule has 122 valence electrons. The first-order valence-electron chi connectivity index (χ1n) is 8.80. The van der Waals surface area contributed by atoms with Gasteiger partial charge in [-0.25, -0.2) is 9.97 Å². The highest BCUT2D eigenvalue weighted by atomic mass is 32.2. The first-order valence-corrected chi connectivity index (χ1v) is 9.85. The quantitative estimate of drug-likeness (QED) is 0.846. The topological polar surface area (TPSA) is 32.3 Å². The Labute approximate surface area is 138 Å². The molecule has 1 aromatic rings. The third-order valence-corrected chi connectivity index (χ3v) is 5.86. The molecule has 0 amide bonds. The summed E-state index contributed by atoms with van der Waals surface area (Å²) in [6, 6.07) is 2.21. The second kappa shape index (κ2) is 8.04. The lowest BCUT2D eigenvalue weighted by atomic mass is 10.1. The maximum absolute atomic E-state index is 4.57. The molecule has 0 aliphatic carbocycles. The molecule has 2 aliphatic rings. The molecule has 1 atom stereocenters. The summed E-state index contributed by atoms with van der Waals surface area (Å²) in [6.07, 6.45) is 9.67. The van der Waals surface area contributed by atoms with E-state index in [1.54, 1.807) is 6.33 Å². The molecule has 0 radical (unpaired) electrons. The number of hydrogen-bond donors (Lipinski definition) is 0. The zero-order chi connectivity index (χ0) is 15.2.